The lowest BCUT2D eigenvalue weighted by Crippen LogP contribution is -1.84. The molecule has 0 aromatic rings. The fourth-order valence-corrected chi connectivity index (χ4v) is 0. The zero-order valence-electron chi connectivity index (χ0n) is 2.99. The molecule has 0 aliphatic rings. The second-order valence-corrected chi connectivity index (χ2v) is 0.755. The van der Waals surface area contributed by atoms with Crippen LogP contribution in [0, 0.1) is 5.41 Å². The van der Waals surface area contributed by atoms with E-state index in [1.807, 2.05) is 0 Å². The van der Waals surface area contributed by atoms with Gasteiger partial charge in [0.25, 0.3) is 0 Å². The molecular weight excluding hydrogens is 66.0 g/mol. The molecule has 0 aromatic heterocycles. The molecular formula is C3H5NO. The molecule has 0 atom stereocenters. The van der Waals surface area contributed by atoms with Gasteiger partial charge in [-0.3, -0.25) is 4.79 Å². The Hall–Kier alpha value is -0.660. The van der Waals surface area contributed by atoms with Crippen LogP contribution in [0.25, 0.3) is 0 Å². The molecule has 0 bridgehead atoms. The summed E-state index contributed by atoms with van der Waals surface area (Å²) in [5, 5.41) is 6.18. The summed E-state index contributed by atoms with van der Waals surface area (Å²) < 4.78 is 0. The number of ketones is 1. The predicted molar refractivity (Wildman–Crippen MR) is 19.5 cm³/mol. The molecule has 0 rings (SSSR count). The first kappa shape index (κ1) is 4.34. The molecule has 28 valence electrons. The van der Waals surface area contributed by atoms with Gasteiger partial charge < -0.3 is 5.41 Å². The van der Waals surface area contributed by atoms with Gasteiger partial charge in [-0.05, 0) is 0 Å². The van der Waals surface area contributed by atoms with Crippen molar-refractivity contribution in [3.8, 4) is 0 Å². The summed E-state index contributed by atoms with van der Waals surface area (Å²) in [6.45, 7) is 1.34. The molecule has 0 saturated carbocycles. The molecule has 0 unspecified atom stereocenters. The predicted octanol–water partition coefficient (Wildman–Crippen LogP) is 0.225. The summed E-state index contributed by atoms with van der Waals surface area (Å²) in [7, 11) is 0. The molecule has 0 spiro atoms. The summed E-state index contributed by atoms with van der Waals surface area (Å²) >= 11 is 0. The molecule has 5 heavy (non-hydrogen) atoms. The van der Waals surface area contributed by atoms with E-state index in [-0.39, 0.29) is 5.78 Å². The number of nitrogens with one attached hydrogen (secondary N) is 1. The normalized spacial score (nSPS) is 6.60. The van der Waals surface area contributed by atoms with E-state index >= 15 is 0 Å². The summed E-state index contributed by atoms with van der Waals surface area (Å²) in [6.07, 6.45) is 0.778. The molecule has 0 amide bonds. The highest BCUT2D eigenvalue weighted by Gasteiger charge is 1.72. The smallest absolute Gasteiger partial charge is 0.170 e. The Morgan fingerprint density at radius 1 is 2.00 bits per heavy atom. The van der Waals surface area contributed by atoms with E-state index in [1.165, 1.54) is 6.92 Å². The zero-order chi connectivity index (χ0) is 4.28. The standard InChI is InChI=1S/C3H5NO/c1-3(5)2-4/h2,4H,1H3. The lowest BCUT2D eigenvalue weighted by atomic mass is 10.5. The van der Waals surface area contributed by atoms with Crippen molar-refractivity contribution in [3.63, 3.8) is 0 Å². The first-order chi connectivity index (χ1) is 2.27. The van der Waals surface area contributed by atoms with Gasteiger partial charge in [0.1, 0.15) is 0 Å². The van der Waals surface area contributed by atoms with E-state index in [9.17, 15) is 4.79 Å². The van der Waals surface area contributed by atoms with Gasteiger partial charge >= 0.3 is 0 Å². The lowest BCUT2D eigenvalue weighted by Gasteiger charge is -1.61. The second-order valence-electron chi connectivity index (χ2n) is 0.755. The minimum absolute atomic E-state index is 0.204. The second kappa shape index (κ2) is 1.64. The average Bonchev–Trinajstić information content (AvgIpc) is 1.38. The van der Waals surface area contributed by atoms with E-state index < -0.39 is 0 Å². The summed E-state index contributed by atoms with van der Waals surface area (Å²) in [4.78, 5) is 9.57. The SMILES string of the molecule is CC(=O)C=N. The molecule has 0 aliphatic carbocycles. The maximum Gasteiger partial charge on any atom is 0.170 e. The van der Waals surface area contributed by atoms with Crippen LogP contribution in [0.15, 0.2) is 0 Å². The Kier molecular flexibility index (Phi) is 1.42. The van der Waals surface area contributed by atoms with Crippen molar-refractivity contribution in [3.05, 3.63) is 0 Å². The van der Waals surface area contributed by atoms with Gasteiger partial charge in [-0.25, -0.2) is 0 Å². The van der Waals surface area contributed by atoms with Crippen LogP contribution in [0.4, 0.5) is 0 Å². The quantitative estimate of drug-likeness (QED) is 0.441. The van der Waals surface area contributed by atoms with E-state index in [1.54, 1.807) is 0 Å². The van der Waals surface area contributed by atoms with Crippen LogP contribution in [-0.2, 0) is 4.79 Å². The van der Waals surface area contributed by atoms with Crippen molar-refractivity contribution < 1.29 is 4.79 Å². The van der Waals surface area contributed by atoms with Gasteiger partial charge in [0.05, 0.1) is 6.21 Å². The minimum atomic E-state index is -0.204. The summed E-state index contributed by atoms with van der Waals surface area (Å²) in [6, 6.07) is 0. The van der Waals surface area contributed by atoms with Crippen LogP contribution >= 0.6 is 0 Å². The topological polar surface area (TPSA) is 40.9 Å². The van der Waals surface area contributed by atoms with Crippen LogP contribution in [0.5, 0.6) is 0 Å². The average molecular weight is 71.1 g/mol. The number of hydrogen-bond acceptors (Lipinski definition) is 2. The van der Waals surface area contributed by atoms with Gasteiger partial charge in [-0.2, -0.15) is 0 Å². The highest BCUT2D eigenvalue weighted by Crippen LogP contribution is 1.49. The van der Waals surface area contributed by atoms with Crippen molar-refractivity contribution in [2.24, 2.45) is 0 Å². The molecule has 0 heterocycles. The van der Waals surface area contributed by atoms with Crippen molar-refractivity contribution in [2.45, 2.75) is 6.92 Å². The van der Waals surface area contributed by atoms with Gasteiger partial charge in [0, 0.05) is 6.92 Å². The number of carbonyl (C=O) groups is 1. The van der Waals surface area contributed by atoms with E-state index in [0.29, 0.717) is 0 Å². The molecule has 0 radical (unpaired) electrons. The zero-order valence-corrected chi connectivity index (χ0v) is 2.99. The van der Waals surface area contributed by atoms with Crippen LogP contribution < -0.4 is 0 Å². The summed E-state index contributed by atoms with van der Waals surface area (Å²) in [5.41, 5.74) is 0. The number of carbonyl (C=O) groups excluding carboxylic acids is 1. The Morgan fingerprint density at radius 2 is 2.20 bits per heavy atom. The van der Waals surface area contributed by atoms with Gasteiger partial charge in [0.2, 0.25) is 0 Å². The van der Waals surface area contributed by atoms with Crippen molar-refractivity contribution in [1.82, 2.24) is 0 Å². The third-order valence-corrected chi connectivity index (χ3v) is 0.203. The number of hydrogen-bond donors (Lipinski definition) is 1. The maximum atomic E-state index is 9.57. The van der Waals surface area contributed by atoms with Gasteiger partial charge in [-0.1, -0.05) is 0 Å². The third kappa shape index (κ3) is 3.34. The minimum Gasteiger partial charge on any atom is -0.305 e. The van der Waals surface area contributed by atoms with E-state index in [2.05, 4.69) is 0 Å². The van der Waals surface area contributed by atoms with Gasteiger partial charge in [-0.15, -0.1) is 0 Å². The lowest BCUT2D eigenvalue weighted by molar-refractivity contribution is -0.110. The molecule has 2 nitrogen and oxygen atoms in total. The van der Waals surface area contributed by atoms with Crippen LogP contribution in [0.2, 0.25) is 0 Å². The highest BCUT2D eigenvalue weighted by atomic mass is 16.1. The highest BCUT2D eigenvalue weighted by molar-refractivity contribution is 6.24. The molecule has 0 saturated heterocycles. The van der Waals surface area contributed by atoms with Crippen LogP contribution in [-0.4, -0.2) is 12.0 Å². The molecule has 0 fully saturated rings. The largest absolute Gasteiger partial charge is 0.305 e. The molecule has 1 N–H and O–H groups in total. The Labute approximate surface area is 30.3 Å². The third-order valence-electron chi connectivity index (χ3n) is 0.203. The van der Waals surface area contributed by atoms with Crippen molar-refractivity contribution >= 4 is 12.0 Å². The van der Waals surface area contributed by atoms with Crippen molar-refractivity contribution in [2.75, 3.05) is 0 Å². The number of rotatable bonds is 1. The fraction of sp³-hybridized carbons (Fsp3) is 0.333. The Morgan fingerprint density at radius 3 is 2.20 bits per heavy atom. The van der Waals surface area contributed by atoms with Crippen molar-refractivity contribution in [1.29, 1.82) is 5.41 Å². The Balaban J connectivity index is 3.20. The van der Waals surface area contributed by atoms with E-state index in [4.69, 9.17) is 5.41 Å². The fourth-order valence-electron chi connectivity index (χ4n) is 0. The van der Waals surface area contributed by atoms with E-state index in [0.717, 1.165) is 6.21 Å². The number of Topliss-reactive ketones (excluding diaryl/α,β-unsaturated/α-hetero) is 1. The van der Waals surface area contributed by atoms with Gasteiger partial charge in [0.15, 0.2) is 5.78 Å². The molecule has 0 aromatic carbocycles. The molecule has 0 aliphatic heterocycles. The Bertz CT molecular complexity index is 57.9. The van der Waals surface area contributed by atoms with Crippen LogP contribution in [0.1, 0.15) is 6.92 Å². The first-order valence-electron chi connectivity index (χ1n) is 1.28. The maximum absolute atomic E-state index is 9.57. The monoisotopic (exact) mass is 71.0 g/mol. The first-order valence-corrected chi connectivity index (χ1v) is 1.28. The van der Waals surface area contributed by atoms with Crippen LogP contribution in [0.3, 0.4) is 0 Å². The summed E-state index contributed by atoms with van der Waals surface area (Å²) in [5.74, 6) is -0.204. The molecule has 2 heteroatoms.